The second-order valence-electron chi connectivity index (χ2n) is 5.30. The molecule has 1 rings (SSSR count). The number of hydrogen-bond donors (Lipinski definition) is 0. The lowest BCUT2D eigenvalue weighted by Crippen LogP contribution is -2.37. The van der Waals surface area contributed by atoms with Crippen LogP contribution in [0.1, 0.15) is 27.7 Å². The first-order chi connectivity index (χ1) is 8.73. The molecule has 19 heavy (non-hydrogen) atoms. The summed E-state index contributed by atoms with van der Waals surface area (Å²) in [6, 6.07) is 0. The summed E-state index contributed by atoms with van der Waals surface area (Å²) in [7, 11) is -3.56. The maximum atomic E-state index is 12.5. The highest BCUT2D eigenvalue weighted by atomic mass is 35.5. The molecule has 5 nitrogen and oxygen atoms in total. The quantitative estimate of drug-likeness (QED) is 0.757. The van der Waals surface area contributed by atoms with Crippen LogP contribution in [0.5, 0.6) is 0 Å². The first kappa shape index (κ1) is 16.3. The molecule has 0 N–H and O–H groups in total. The van der Waals surface area contributed by atoms with Gasteiger partial charge in [-0.2, -0.15) is 4.31 Å². The standard InChI is InChI=1S/C12H20ClN3O2S/c1-9(2)7-16(8-10(3)4)19(17,18)11-5-14-12(13)15-6-11/h5-6,9-10H,7-8H2,1-4H3. The zero-order valence-electron chi connectivity index (χ0n) is 11.7. The van der Waals surface area contributed by atoms with Crippen molar-refractivity contribution < 1.29 is 8.42 Å². The largest absolute Gasteiger partial charge is 0.246 e. The van der Waals surface area contributed by atoms with Gasteiger partial charge >= 0.3 is 0 Å². The van der Waals surface area contributed by atoms with Crippen LogP contribution in [0.3, 0.4) is 0 Å². The van der Waals surface area contributed by atoms with E-state index in [1.165, 1.54) is 16.7 Å². The predicted molar refractivity (Wildman–Crippen MR) is 75.5 cm³/mol. The molecule has 108 valence electrons. The molecular weight excluding hydrogens is 286 g/mol. The van der Waals surface area contributed by atoms with Crippen molar-refractivity contribution in [1.82, 2.24) is 14.3 Å². The van der Waals surface area contributed by atoms with Gasteiger partial charge in [-0.15, -0.1) is 0 Å². The molecule has 0 spiro atoms. The van der Waals surface area contributed by atoms with Crippen molar-refractivity contribution in [1.29, 1.82) is 0 Å². The summed E-state index contributed by atoms with van der Waals surface area (Å²) in [4.78, 5) is 7.55. The number of aromatic nitrogens is 2. The van der Waals surface area contributed by atoms with E-state index in [0.29, 0.717) is 13.1 Å². The lowest BCUT2D eigenvalue weighted by molar-refractivity contribution is 0.333. The van der Waals surface area contributed by atoms with Gasteiger partial charge in [-0.3, -0.25) is 0 Å². The summed E-state index contributed by atoms with van der Waals surface area (Å²) < 4.78 is 26.5. The van der Waals surface area contributed by atoms with Crippen LogP contribution < -0.4 is 0 Å². The van der Waals surface area contributed by atoms with Gasteiger partial charge < -0.3 is 0 Å². The minimum absolute atomic E-state index is 0.0400. The second-order valence-corrected chi connectivity index (χ2v) is 7.57. The topological polar surface area (TPSA) is 63.2 Å². The van der Waals surface area contributed by atoms with Gasteiger partial charge in [0.15, 0.2) is 0 Å². The van der Waals surface area contributed by atoms with Gasteiger partial charge in [-0.25, -0.2) is 18.4 Å². The van der Waals surface area contributed by atoms with Gasteiger partial charge in [-0.05, 0) is 23.4 Å². The Morgan fingerprint density at radius 1 is 1.11 bits per heavy atom. The van der Waals surface area contributed by atoms with Crippen LogP contribution in [-0.2, 0) is 10.0 Å². The molecule has 0 aliphatic carbocycles. The van der Waals surface area contributed by atoms with Gasteiger partial charge in [-0.1, -0.05) is 27.7 Å². The van der Waals surface area contributed by atoms with Crippen molar-refractivity contribution in [2.45, 2.75) is 32.6 Å². The Morgan fingerprint density at radius 2 is 1.53 bits per heavy atom. The monoisotopic (exact) mass is 305 g/mol. The molecule has 1 aromatic heterocycles. The third-order valence-corrected chi connectivity index (χ3v) is 4.35. The van der Waals surface area contributed by atoms with Crippen molar-refractivity contribution in [2.75, 3.05) is 13.1 Å². The molecule has 0 amide bonds. The Hall–Kier alpha value is -0.720. The summed E-state index contributed by atoms with van der Waals surface area (Å²) in [5.41, 5.74) is 0. The normalized spacial score (nSPS) is 12.6. The van der Waals surface area contributed by atoms with Crippen LogP contribution in [0, 0.1) is 11.8 Å². The Kier molecular flexibility index (Phi) is 5.70. The number of halogens is 1. The molecule has 1 heterocycles. The van der Waals surface area contributed by atoms with Crippen molar-refractivity contribution in [3.8, 4) is 0 Å². The molecule has 0 unspecified atom stereocenters. The molecule has 0 saturated carbocycles. The highest BCUT2D eigenvalue weighted by Gasteiger charge is 2.26. The molecule has 0 aromatic carbocycles. The molecule has 0 aliphatic rings. The van der Waals surface area contributed by atoms with Gasteiger partial charge in [0, 0.05) is 13.1 Å². The highest BCUT2D eigenvalue weighted by Crippen LogP contribution is 2.18. The van der Waals surface area contributed by atoms with Gasteiger partial charge in [0.05, 0.1) is 12.4 Å². The Balaban J connectivity index is 3.07. The van der Waals surface area contributed by atoms with Crippen LogP contribution in [0.15, 0.2) is 17.3 Å². The summed E-state index contributed by atoms with van der Waals surface area (Å²) in [6.45, 7) is 8.90. The molecular formula is C12H20ClN3O2S. The number of hydrogen-bond acceptors (Lipinski definition) is 4. The smallest absolute Gasteiger partial charge is 0.225 e. The van der Waals surface area contributed by atoms with E-state index in [2.05, 4.69) is 9.97 Å². The van der Waals surface area contributed by atoms with Crippen molar-refractivity contribution in [3.63, 3.8) is 0 Å². The van der Waals surface area contributed by atoms with Crippen LogP contribution in [0.2, 0.25) is 5.28 Å². The van der Waals surface area contributed by atoms with Crippen LogP contribution in [0.4, 0.5) is 0 Å². The fourth-order valence-corrected chi connectivity index (χ4v) is 3.42. The number of nitrogens with zero attached hydrogens (tertiary/aromatic N) is 3. The van der Waals surface area contributed by atoms with E-state index in [1.54, 1.807) is 0 Å². The Bertz CT molecular complexity index is 490. The maximum Gasteiger partial charge on any atom is 0.246 e. The average molecular weight is 306 g/mol. The van der Waals surface area contributed by atoms with Crippen molar-refractivity contribution in [3.05, 3.63) is 17.7 Å². The van der Waals surface area contributed by atoms with Gasteiger partial charge in [0.1, 0.15) is 4.90 Å². The van der Waals surface area contributed by atoms with Crippen LogP contribution in [-0.4, -0.2) is 35.8 Å². The summed E-state index contributed by atoms with van der Waals surface area (Å²) in [6.07, 6.45) is 2.50. The van der Waals surface area contributed by atoms with Gasteiger partial charge in [0.25, 0.3) is 0 Å². The van der Waals surface area contributed by atoms with E-state index in [1.807, 2.05) is 27.7 Å². The minimum Gasteiger partial charge on any atom is -0.225 e. The van der Waals surface area contributed by atoms with E-state index in [-0.39, 0.29) is 22.0 Å². The first-order valence-electron chi connectivity index (χ1n) is 6.21. The molecule has 0 radical (unpaired) electrons. The van der Waals surface area contributed by atoms with E-state index in [0.717, 1.165) is 0 Å². The fraction of sp³-hybridized carbons (Fsp3) is 0.667. The zero-order valence-corrected chi connectivity index (χ0v) is 13.2. The van der Waals surface area contributed by atoms with E-state index in [9.17, 15) is 8.42 Å². The third-order valence-electron chi connectivity index (χ3n) is 2.37. The lowest BCUT2D eigenvalue weighted by atomic mass is 10.2. The first-order valence-corrected chi connectivity index (χ1v) is 8.03. The van der Waals surface area contributed by atoms with E-state index in [4.69, 9.17) is 11.6 Å². The SMILES string of the molecule is CC(C)CN(CC(C)C)S(=O)(=O)c1cnc(Cl)nc1. The Morgan fingerprint density at radius 3 is 1.89 bits per heavy atom. The maximum absolute atomic E-state index is 12.5. The fourth-order valence-electron chi connectivity index (χ4n) is 1.67. The van der Waals surface area contributed by atoms with E-state index < -0.39 is 10.0 Å². The molecule has 0 saturated heterocycles. The third kappa shape index (κ3) is 4.71. The minimum atomic E-state index is -3.56. The summed E-state index contributed by atoms with van der Waals surface area (Å²) >= 11 is 5.58. The molecule has 0 atom stereocenters. The molecule has 0 aliphatic heterocycles. The Labute approximate surface area is 120 Å². The summed E-state index contributed by atoms with van der Waals surface area (Å²) in [5, 5.41) is 0.0400. The number of sulfonamides is 1. The van der Waals surface area contributed by atoms with Crippen LogP contribution >= 0.6 is 11.6 Å². The number of rotatable bonds is 6. The van der Waals surface area contributed by atoms with Crippen LogP contribution in [0.25, 0.3) is 0 Å². The van der Waals surface area contributed by atoms with Crippen molar-refractivity contribution in [2.24, 2.45) is 11.8 Å². The molecule has 1 aromatic rings. The second kappa shape index (κ2) is 6.63. The molecule has 7 heteroatoms. The van der Waals surface area contributed by atoms with E-state index >= 15 is 0 Å². The lowest BCUT2D eigenvalue weighted by Gasteiger charge is -2.25. The predicted octanol–water partition coefficient (Wildman–Crippen LogP) is 2.43. The zero-order chi connectivity index (χ0) is 14.6. The molecule has 0 bridgehead atoms. The highest BCUT2D eigenvalue weighted by molar-refractivity contribution is 7.89. The summed E-state index contributed by atoms with van der Waals surface area (Å²) in [5.74, 6) is 0.503. The van der Waals surface area contributed by atoms with Gasteiger partial charge in [0.2, 0.25) is 15.3 Å². The van der Waals surface area contributed by atoms with Crippen molar-refractivity contribution >= 4 is 21.6 Å². The molecule has 0 fully saturated rings. The average Bonchev–Trinajstić information content (AvgIpc) is 2.27.